The molecule has 0 aromatic carbocycles. The van der Waals surface area contributed by atoms with Crippen LogP contribution in [-0.2, 0) is 6.54 Å². The first-order valence-corrected chi connectivity index (χ1v) is 6.54. The second-order valence-corrected chi connectivity index (χ2v) is 5.10. The monoisotopic (exact) mass is 247 g/mol. The first-order valence-electron chi connectivity index (χ1n) is 5.39. The normalized spacial score (nSPS) is 17.9. The van der Waals surface area contributed by atoms with Gasteiger partial charge in [0.05, 0.1) is 11.9 Å². The van der Waals surface area contributed by atoms with Crippen molar-refractivity contribution in [1.82, 2.24) is 9.78 Å². The molecule has 0 amide bonds. The molecule has 16 heavy (non-hydrogen) atoms. The number of nitrogens with one attached hydrogen (secondary N) is 1. The Bertz CT molecular complexity index is 324. The molecule has 2 rings (SSSR count). The fraction of sp³-hybridized carbons (Fsp3) is 0.700. The van der Waals surface area contributed by atoms with E-state index in [2.05, 4.69) is 10.4 Å². The number of aromatic nitrogens is 2. The summed E-state index contributed by atoms with van der Waals surface area (Å²) in [5.41, 5.74) is 0.845. The largest absolute Gasteiger partial charge is 0.380 e. The summed E-state index contributed by atoms with van der Waals surface area (Å²) in [4.78, 5) is 0. The second kappa shape index (κ2) is 5.52. The van der Waals surface area contributed by atoms with Crippen LogP contribution in [-0.4, -0.2) is 33.8 Å². The molecule has 0 saturated carbocycles. The van der Waals surface area contributed by atoms with E-state index >= 15 is 0 Å². The van der Waals surface area contributed by atoms with Crippen LogP contribution in [0.25, 0.3) is 0 Å². The molecule has 0 unspecified atom stereocenters. The zero-order valence-corrected chi connectivity index (χ0v) is 9.72. The van der Waals surface area contributed by atoms with Gasteiger partial charge in [0.1, 0.15) is 6.54 Å². The Morgan fingerprint density at radius 3 is 2.94 bits per heavy atom. The summed E-state index contributed by atoms with van der Waals surface area (Å²) in [7, 11) is 0. The lowest BCUT2D eigenvalue weighted by Gasteiger charge is -2.22. The highest BCUT2D eigenvalue weighted by molar-refractivity contribution is 7.99. The van der Waals surface area contributed by atoms with E-state index in [1.165, 1.54) is 16.2 Å². The standard InChI is InChI=1S/C10H15F2N3S/c11-10(12)7-15-6-9(5-13-15)14-8-1-3-16-4-2-8/h5-6,8,10,14H,1-4,7H2. The van der Waals surface area contributed by atoms with Crippen molar-refractivity contribution in [3.8, 4) is 0 Å². The first-order chi connectivity index (χ1) is 7.74. The Labute approximate surface area is 97.6 Å². The van der Waals surface area contributed by atoms with Crippen molar-refractivity contribution < 1.29 is 8.78 Å². The molecule has 1 saturated heterocycles. The minimum absolute atomic E-state index is 0.331. The zero-order valence-electron chi connectivity index (χ0n) is 8.90. The van der Waals surface area contributed by atoms with Crippen LogP contribution in [0.5, 0.6) is 0 Å². The van der Waals surface area contributed by atoms with Crippen LogP contribution in [0, 0.1) is 0 Å². The maximum absolute atomic E-state index is 12.1. The Morgan fingerprint density at radius 1 is 1.50 bits per heavy atom. The van der Waals surface area contributed by atoms with Gasteiger partial charge >= 0.3 is 0 Å². The zero-order chi connectivity index (χ0) is 11.4. The van der Waals surface area contributed by atoms with Gasteiger partial charge in [-0.05, 0) is 24.3 Å². The van der Waals surface area contributed by atoms with E-state index < -0.39 is 6.43 Å². The summed E-state index contributed by atoms with van der Waals surface area (Å²) >= 11 is 1.96. The summed E-state index contributed by atoms with van der Waals surface area (Å²) in [6.45, 7) is -0.331. The maximum atomic E-state index is 12.1. The molecular weight excluding hydrogens is 232 g/mol. The van der Waals surface area contributed by atoms with E-state index in [0.717, 1.165) is 18.5 Å². The van der Waals surface area contributed by atoms with E-state index in [1.807, 2.05) is 11.8 Å². The Hall–Kier alpha value is -0.780. The van der Waals surface area contributed by atoms with E-state index in [0.29, 0.717) is 6.04 Å². The van der Waals surface area contributed by atoms with Gasteiger partial charge in [-0.15, -0.1) is 0 Å². The minimum atomic E-state index is -2.35. The number of nitrogens with zero attached hydrogens (tertiary/aromatic N) is 2. The molecule has 1 aliphatic rings. The number of halogens is 2. The highest BCUT2D eigenvalue weighted by Crippen LogP contribution is 2.20. The molecule has 90 valence electrons. The summed E-state index contributed by atoms with van der Waals surface area (Å²) in [6.07, 6.45) is 3.17. The molecule has 1 aromatic heterocycles. The number of hydrogen-bond acceptors (Lipinski definition) is 3. The van der Waals surface area contributed by atoms with Crippen LogP contribution in [0.2, 0.25) is 0 Å². The van der Waals surface area contributed by atoms with Crippen molar-refractivity contribution in [3.05, 3.63) is 12.4 Å². The molecule has 1 aromatic rings. The molecule has 0 aliphatic carbocycles. The lowest BCUT2D eigenvalue weighted by atomic mass is 10.1. The summed E-state index contributed by atoms with van der Waals surface area (Å²) < 4.78 is 25.5. The van der Waals surface area contributed by atoms with Gasteiger partial charge in [0.2, 0.25) is 0 Å². The molecule has 0 spiro atoms. The maximum Gasteiger partial charge on any atom is 0.257 e. The van der Waals surface area contributed by atoms with Gasteiger partial charge in [-0.3, -0.25) is 4.68 Å². The van der Waals surface area contributed by atoms with Gasteiger partial charge in [0, 0.05) is 12.2 Å². The molecule has 0 atom stereocenters. The van der Waals surface area contributed by atoms with Crippen molar-refractivity contribution in [2.24, 2.45) is 0 Å². The molecule has 3 nitrogen and oxygen atoms in total. The van der Waals surface area contributed by atoms with Crippen molar-refractivity contribution >= 4 is 17.4 Å². The molecule has 0 bridgehead atoms. The number of alkyl halides is 2. The molecule has 1 N–H and O–H groups in total. The first kappa shape index (κ1) is 11.7. The van der Waals surface area contributed by atoms with Gasteiger partial charge in [0.15, 0.2) is 0 Å². The van der Waals surface area contributed by atoms with Crippen LogP contribution in [0.4, 0.5) is 14.5 Å². The molecule has 6 heteroatoms. The average Bonchev–Trinajstić information content (AvgIpc) is 2.66. The third kappa shape index (κ3) is 3.37. The Morgan fingerprint density at radius 2 is 2.25 bits per heavy atom. The van der Waals surface area contributed by atoms with Gasteiger partial charge in [-0.25, -0.2) is 8.78 Å². The van der Waals surface area contributed by atoms with E-state index in [9.17, 15) is 8.78 Å². The van der Waals surface area contributed by atoms with Crippen molar-refractivity contribution in [3.63, 3.8) is 0 Å². The van der Waals surface area contributed by atoms with Gasteiger partial charge in [-0.1, -0.05) is 0 Å². The SMILES string of the molecule is FC(F)Cn1cc(NC2CCSCC2)cn1. The number of rotatable bonds is 4. The summed E-state index contributed by atoms with van der Waals surface area (Å²) in [5, 5.41) is 7.22. The quantitative estimate of drug-likeness (QED) is 0.886. The molecule has 1 fully saturated rings. The van der Waals surface area contributed by atoms with Gasteiger partial charge in [-0.2, -0.15) is 16.9 Å². The van der Waals surface area contributed by atoms with Crippen molar-refractivity contribution in [1.29, 1.82) is 0 Å². The predicted molar refractivity (Wildman–Crippen MR) is 62.2 cm³/mol. The van der Waals surface area contributed by atoms with Crippen molar-refractivity contribution in [2.75, 3.05) is 16.8 Å². The fourth-order valence-electron chi connectivity index (χ4n) is 1.76. The predicted octanol–water partition coefficient (Wildman–Crippen LogP) is 2.46. The molecule has 0 radical (unpaired) electrons. The van der Waals surface area contributed by atoms with Crippen LogP contribution < -0.4 is 5.32 Å². The van der Waals surface area contributed by atoms with Gasteiger partial charge in [0.25, 0.3) is 6.43 Å². The van der Waals surface area contributed by atoms with Crippen LogP contribution >= 0.6 is 11.8 Å². The topological polar surface area (TPSA) is 29.9 Å². The summed E-state index contributed by atoms with van der Waals surface area (Å²) in [6, 6.07) is 0.463. The van der Waals surface area contributed by atoms with Crippen LogP contribution in [0.1, 0.15) is 12.8 Å². The molecule has 1 aliphatic heterocycles. The second-order valence-electron chi connectivity index (χ2n) is 3.87. The average molecular weight is 247 g/mol. The number of anilines is 1. The van der Waals surface area contributed by atoms with Crippen molar-refractivity contribution in [2.45, 2.75) is 31.9 Å². The third-order valence-corrected chi connectivity index (χ3v) is 3.60. The Kier molecular flexibility index (Phi) is 4.04. The highest BCUT2D eigenvalue weighted by Gasteiger charge is 2.14. The van der Waals surface area contributed by atoms with E-state index in [4.69, 9.17) is 0 Å². The fourth-order valence-corrected chi connectivity index (χ4v) is 2.86. The molecular formula is C10H15F2N3S. The van der Waals surface area contributed by atoms with Crippen LogP contribution in [0.15, 0.2) is 12.4 Å². The number of hydrogen-bond donors (Lipinski definition) is 1. The lowest BCUT2D eigenvalue weighted by Crippen LogP contribution is -2.24. The third-order valence-electron chi connectivity index (χ3n) is 2.55. The van der Waals surface area contributed by atoms with Gasteiger partial charge < -0.3 is 5.32 Å². The van der Waals surface area contributed by atoms with E-state index in [1.54, 1.807) is 12.4 Å². The number of thioether (sulfide) groups is 1. The minimum Gasteiger partial charge on any atom is -0.380 e. The van der Waals surface area contributed by atoms with E-state index in [-0.39, 0.29) is 6.54 Å². The molecule has 2 heterocycles. The lowest BCUT2D eigenvalue weighted by molar-refractivity contribution is 0.122. The Balaban J connectivity index is 1.86. The smallest absolute Gasteiger partial charge is 0.257 e. The highest BCUT2D eigenvalue weighted by atomic mass is 32.2. The summed E-state index contributed by atoms with van der Waals surface area (Å²) in [5.74, 6) is 2.34. The van der Waals surface area contributed by atoms with Crippen LogP contribution in [0.3, 0.4) is 0 Å².